The molecular weight excluding hydrogens is 390 g/mol. The standard InChI is InChI=1S/C23H27N7O/c1-23(2)9-12-25-19-13-15(6-7-18(19)23)29-21(31)17-5-4-10-26-20(17)28-14-16-8-11-27-22(24-3)30-16/h4-8,10-11,13,25H,9,12,14H2,1-3H3,(H,26,28)(H,29,31)(H,24,27,30). The van der Waals surface area contributed by atoms with Gasteiger partial charge in [0.1, 0.15) is 5.82 Å². The Morgan fingerprint density at radius 3 is 2.87 bits per heavy atom. The Hall–Kier alpha value is -3.68. The van der Waals surface area contributed by atoms with Crippen LogP contribution in [0.4, 0.5) is 23.1 Å². The minimum absolute atomic E-state index is 0.123. The molecule has 0 spiro atoms. The molecule has 3 aromatic rings. The van der Waals surface area contributed by atoms with Crippen LogP contribution in [0.2, 0.25) is 0 Å². The maximum atomic E-state index is 13.0. The van der Waals surface area contributed by atoms with Crippen LogP contribution in [0.5, 0.6) is 0 Å². The second kappa shape index (κ2) is 8.59. The van der Waals surface area contributed by atoms with Crippen molar-refractivity contribution < 1.29 is 4.79 Å². The topological polar surface area (TPSA) is 104 Å². The van der Waals surface area contributed by atoms with E-state index in [1.54, 1.807) is 31.6 Å². The quantitative estimate of drug-likeness (QED) is 0.483. The van der Waals surface area contributed by atoms with Crippen LogP contribution < -0.4 is 21.3 Å². The van der Waals surface area contributed by atoms with Gasteiger partial charge in [0.05, 0.1) is 17.8 Å². The Kier molecular flexibility index (Phi) is 5.70. The van der Waals surface area contributed by atoms with E-state index in [0.29, 0.717) is 23.9 Å². The zero-order chi connectivity index (χ0) is 21.8. The molecule has 0 saturated carbocycles. The highest BCUT2D eigenvalue weighted by molar-refractivity contribution is 6.07. The summed E-state index contributed by atoms with van der Waals surface area (Å²) in [7, 11) is 1.77. The van der Waals surface area contributed by atoms with Crippen molar-refractivity contribution in [2.45, 2.75) is 32.2 Å². The molecule has 2 aromatic heterocycles. The minimum Gasteiger partial charge on any atom is -0.385 e. The first kappa shape index (κ1) is 20.6. The molecule has 4 rings (SSSR count). The summed E-state index contributed by atoms with van der Waals surface area (Å²) in [5.41, 5.74) is 4.47. The Bertz CT molecular complexity index is 1100. The van der Waals surface area contributed by atoms with E-state index in [9.17, 15) is 4.79 Å². The van der Waals surface area contributed by atoms with Crippen molar-refractivity contribution in [3.63, 3.8) is 0 Å². The fourth-order valence-electron chi connectivity index (χ4n) is 3.72. The third-order valence-electron chi connectivity index (χ3n) is 5.50. The Morgan fingerprint density at radius 2 is 2.03 bits per heavy atom. The number of nitrogens with zero attached hydrogens (tertiary/aromatic N) is 3. The first-order valence-corrected chi connectivity index (χ1v) is 10.3. The molecule has 8 heteroatoms. The highest BCUT2D eigenvalue weighted by atomic mass is 16.1. The summed E-state index contributed by atoms with van der Waals surface area (Å²) in [5, 5.41) is 12.6. The van der Waals surface area contributed by atoms with Crippen molar-refractivity contribution in [3.8, 4) is 0 Å². The van der Waals surface area contributed by atoms with E-state index < -0.39 is 0 Å². The summed E-state index contributed by atoms with van der Waals surface area (Å²) < 4.78 is 0. The van der Waals surface area contributed by atoms with Gasteiger partial charge in [0, 0.05) is 37.4 Å². The van der Waals surface area contributed by atoms with Gasteiger partial charge in [0.15, 0.2) is 0 Å². The zero-order valence-electron chi connectivity index (χ0n) is 18.0. The van der Waals surface area contributed by atoms with Gasteiger partial charge in [-0.25, -0.2) is 15.0 Å². The molecule has 0 unspecified atom stereocenters. The number of amides is 1. The second-order valence-electron chi connectivity index (χ2n) is 8.15. The summed E-state index contributed by atoms with van der Waals surface area (Å²) in [4.78, 5) is 25.8. The van der Waals surface area contributed by atoms with Crippen LogP contribution in [0.15, 0.2) is 48.8 Å². The molecule has 0 radical (unpaired) electrons. The summed E-state index contributed by atoms with van der Waals surface area (Å²) >= 11 is 0. The molecule has 0 bridgehead atoms. The average molecular weight is 418 g/mol. The van der Waals surface area contributed by atoms with E-state index in [2.05, 4.69) is 56.1 Å². The molecule has 0 saturated heterocycles. The number of carbonyl (C=O) groups excluding carboxylic acids is 1. The van der Waals surface area contributed by atoms with Crippen LogP contribution in [-0.2, 0) is 12.0 Å². The van der Waals surface area contributed by atoms with Crippen molar-refractivity contribution in [2.24, 2.45) is 0 Å². The molecule has 8 nitrogen and oxygen atoms in total. The van der Waals surface area contributed by atoms with Crippen molar-refractivity contribution in [1.82, 2.24) is 15.0 Å². The largest absolute Gasteiger partial charge is 0.385 e. The van der Waals surface area contributed by atoms with E-state index in [4.69, 9.17) is 0 Å². The third-order valence-corrected chi connectivity index (χ3v) is 5.50. The molecule has 1 aliphatic rings. The third kappa shape index (κ3) is 4.58. The van der Waals surface area contributed by atoms with Crippen LogP contribution in [0, 0.1) is 0 Å². The van der Waals surface area contributed by atoms with Crippen LogP contribution in [-0.4, -0.2) is 34.5 Å². The maximum absolute atomic E-state index is 13.0. The van der Waals surface area contributed by atoms with E-state index in [1.807, 2.05) is 18.2 Å². The lowest BCUT2D eigenvalue weighted by Crippen LogP contribution is -2.28. The van der Waals surface area contributed by atoms with Gasteiger partial charge < -0.3 is 21.3 Å². The summed E-state index contributed by atoms with van der Waals surface area (Å²) in [6.45, 7) is 5.84. The first-order valence-electron chi connectivity index (χ1n) is 10.3. The molecule has 1 aliphatic heterocycles. The van der Waals surface area contributed by atoms with Crippen molar-refractivity contribution in [1.29, 1.82) is 0 Å². The monoisotopic (exact) mass is 417 g/mol. The minimum atomic E-state index is -0.218. The summed E-state index contributed by atoms with van der Waals surface area (Å²) in [5.74, 6) is 0.827. The Balaban J connectivity index is 1.49. The number of pyridine rings is 1. The predicted molar refractivity (Wildman–Crippen MR) is 124 cm³/mol. The Labute approximate surface area is 181 Å². The van der Waals surface area contributed by atoms with Crippen LogP contribution >= 0.6 is 0 Å². The lowest BCUT2D eigenvalue weighted by molar-refractivity contribution is 0.102. The number of benzene rings is 1. The van der Waals surface area contributed by atoms with E-state index in [1.165, 1.54) is 5.56 Å². The average Bonchev–Trinajstić information content (AvgIpc) is 2.77. The fourth-order valence-corrected chi connectivity index (χ4v) is 3.72. The number of aromatic nitrogens is 3. The lowest BCUT2D eigenvalue weighted by Gasteiger charge is -2.33. The van der Waals surface area contributed by atoms with Gasteiger partial charge in [0.2, 0.25) is 5.95 Å². The fraction of sp³-hybridized carbons (Fsp3) is 0.304. The summed E-state index contributed by atoms with van der Waals surface area (Å²) in [6.07, 6.45) is 4.43. The highest BCUT2D eigenvalue weighted by Gasteiger charge is 2.27. The number of hydrogen-bond acceptors (Lipinski definition) is 7. The Morgan fingerprint density at radius 1 is 1.16 bits per heavy atom. The molecule has 4 N–H and O–H groups in total. The second-order valence-corrected chi connectivity index (χ2v) is 8.15. The highest BCUT2D eigenvalue weighted by Crippen LogP contribution is 2.37. The molecule has 1 amide bonds. The van der Waals surface area contributed by atoms with Crippen molar-refractivity contribution in [3.05, 3.63) is 65.6 Å². The number of nitrogens with one attached hydrogen (secondary N) is 4. The number of carbonyl (C=O) groups is 1. The van der Waals surface area contributed by atoms with Gasteiger partial charge in [-0.1, -0.05) is 19.9 Å². The van der Waals surface area contributed by atoms with Crippen LogP contribution in [0.25, 0.3) is 0 Å². The number of anilines is 4. The number of hydrogen-bond donors (Lipinski definition) is 4. The first-order chi connectivity index (χ1) is 15.0. The van der Waals surface area contributed by atoms with Crippen molar-refractivity contribution >= 4 is 29.0 Å². The SMILES string of the molecule is CNc1nccc(CNc2ncccc2C(=O)Nc2ccc3c(c2)NCCC3(C)C)n1. The van der Waals surface area contributed by atoms with Gasteiger partial charge in [-0.05, 0) is 47.7 Å². The number of fused-ring (bicyclic) bond motifs is 1. The molecule has 0 fully saturated rings. The van der Waals surface area contributed by atoms with Gasteiger partial charge in [0.25, 0.3) is 5.91 Å². The van der Waals surface area contributed by atoms with Gasteiger partial charge in [-0.3, -0.25) is 4.79 Å². The van der Waals surface area contributed by atoms with Crippen LogP contribution in [0.1, 0.15) is 41.9 Å². The molecule has 0 aliphatic carbocycles. The van der Waals surface area contributed by atoms with E-state index >= 15 is 0 Å². The van der Waals surface area contributed by atoms with E-state index in [0.717, 1.165) is 30.0 Å². The maximum Gasteiger partial charge on any atom is 0.259 e. The van der Waals surface area contributed by atoms with Crippen LogP contribution in [0.3, 0.4) is 0 Å². The molecule has 31 heavy (non-hydrogen) atoms. The molecule has 1 aromatic carbocycles. The van der Waals surface area contributed by atoms with E-state index in [-0.39, 0.29) is 11.3 Å². The number of rotatable bonds is 6. The van der Waals surface area contributed by atoms with Gasteiger partial charge >= 0.3 is 0 Å². The van der Waals surface area contributed by atoms with Gasteiger partial charge in [-0.2, -0.15) is 0 Å². The molecule has 160 valence electrons. The van der Waals surface area contributed by atoms with Crippen molar-refractivity contribution in [2.75, 3.05) is 34.9 Å². The summed E-state index contributed by atoms with van der Waals surface area (Å²) in [6, 6.07) is 11.4. The predicted octanol–water partition coefficient (Wildman–Crippen LogP) is 3.87. The van der Waals surface area contributed by atoms with Gasteiger partial charge in [-0.15, -0.1) is 0 Å². The normalized spacial score (nSPS) is 14.2. The zero-order valence-corrected chi connectivity index (χ0v) is 18.0. The molecule has 3 heterocycles. The molecule has 0 atom stereocenters. The smallest absolute Gasteiger partial charge is 0.259 e. The lowest BCUT2D eigenvalue weighted by atomic mass is 9.78. The molecular formula is C23H27N7O.